The van der Waals surface area contributed by atoms with Crippen molar-refractivity contribution in [2.45, 2.75) is 6.73 Å². The molecule has 23 heavy (non-hydrogen) atoms. The van der Waals surface area contributed by atoms with Crippen LogP contribution in [-0.4, -0.2) is 15.7 Å². The van der Waals surface area contributed by atoms with Gasteiger partial charge in [-0.25, -0.2) is 4.68 Å². The minimum atomic E-state index is -0.253. The molecule has 0 spiro atoms. The van der Waals surface area contributed by atoms with Crippen molar-refractivity contribution in [3.63, 3.8) is 0 Å². The van der Waals surface area contributed by atoms with Gasteiger partial charge in [-0.2, -0.15) is 5.10 Å². The van der Waals surface area contributed by atoms with E-state index >= 15 is 0 Å². The molecule has 0 unspecified atom stereocenters. The predicted molar refractivity (Wildman–Crippen MR) is 88.7 cm³/mol. The molecule has 0 fully saturated rings. The molecule has 1 aromatic heterocycles. The maximum absolute atomic E-state index is 12.3. The van der Waals surface area contributed by atoms with E-state index in [2.05, 4.69) is 10.4 Å². The standard InChI is InChI=1S/C17H14ClN3O2/c18-14-8-4-5-9-16(14)23-12-21-15(10-11-19-21)17(22)20-13-6-2-1-3-7-13/h1-11H,12H2,(H,20,22). The fourth-order valence-corrected chi connectivity index (χ4v) is 2.23. The van der Waals surface area contributed by atoms with Gasteiger partial charge in [0.15, 0.2) is 6.73 Å². The van der Waals surface area contributed by atoms with Crippen LogP contribution in [0.2, 0.25) is 5.02 Å². The number of nitrogens with zero attached hydrogens (tertiary/aromatic N) is 2. The fraction of sp³-hybridized carbons (Fsp3) is 0.0588. The third kappa shape index (κ3) is 3.70. The van der Waals surface area contributed by atoms with Gasteiger partial charge in [-0.15, -0.1) is 0 Å². The zero-order chi connectivity index (χ0) is 16.1. The van der Waals surface area contributed by atoms with E-state index in [1.807, 2.05) is 42.5 Å². The van der Waals surface area contributed by atoms with E-state index < -0.39 is 0 Å². The number of anilines is 1. The Morgan fingerprint density at radius 3 is 2.61 bits per heavy atom. The zero-order valence-corrected chi connectivity index (χ0v) is 12.9. The fourth-order valence-electron chi connectivity index (χ4n) is 2.04. The molecule has 0 bridgehead atoms. The Morgan fingerprint density at radius 1 is 1.09 bits per heavy atom. The molecule has 1 amide bonds. The summed E-state index contributed by atoms with van der Waals surface area (Å²) in [5, 5.41) is 7.43. The first-order chi connectivity index (χ1) is 11.2. The van der Waals surface area contributed by atoms with E-state index in [1.54, 1.807) is 24.4 Å². The van der Waals surface area contributed by atoms with Crippen LogP contribution in [0.15, 0.2) is 66.9 Å². The number of halogens is 1. The molecule has 6 heteroatoms. The second-order valence-corrected chi connectivity index (χ2v) is 5.15. The van der Waals surface area contributed by atoms with Crippen LogP contribution in [0.25, 0.3) is 0 Å². The molecule has 1 heterocycles. The minimum Gasteiger partial charge on any atom is -0.470 e. The van der Waals surface area contributed by atoms with Crippen molar-refractivity contribution in [3.8, 4) is 5.75 Å². The topological polar surface area (TPSA) is 56.2 Å². The number of carbonyl (C=O) groups is 1. The van der Waals surface area contributed by atoms with Gasteiger partial charge in [-0.3, -0.25) is 4.79 Å². The van der Waals surface area contributed by atoms with E-state index in [1.165, 1.54) is 4.68 Å². The van der Waals surface area contributed by atoms with Crippen LogP contribution in [0.3, 0.4) is 0 Å². The average molecular weight is 328 g/mol. The molecule has 0 saturated carbocycles. The third-order valence-corrected chi connectivity index (χ3v) is 3.47. The largest absolute Gasteiger partial charge is 0.470 e. The van der Waals surface area contributed by atoms with Crippen molar-refractivity contribution in [1.82, 2.24) is 9.78 Å². The maximum Gasteiger partial charge on any atom is 0.274 e. The Labute approximate surface area is 138 Å². The van der Waals surface area contributed by atoms with Crippen LogP contribution in [-0.2, 0) is 6.73 Å². The Balaban J connectivity index is 1.70. The predicted octanol–water partition coefficient (Wildman–Crippen LogP) is 3.83. The number of nitrogens with one attached hydrogen (secondary N) is 1. The highest BCUT2D eigenvalue weighted by Gasteiger charge is 2.13. The van der Waals surface area contributed by atoms with Gasteiger partial charge in [0.1, 0.15) is 11.4 Å². The molecule has 3 aromatic rings. The highest BCUT2D eigenvalue weighted by atomic mass is 35.5. The smallest absolute Gasteiger partial charge is 0.274 e. The van der Waals surface area contributed by atoms with E-state index in [-0.39, 0.29) is 12.6 Å². The molecule has 2 aromatic carbocycles. The van der Waals surface area contributed by atoms with Crippen molar-refractivity contribution in [3.05, 3.63) is 77.6 Å². The second-order valence-electron chi connectivity index (χ2n) is 4.74. The molecule has 0 aliphatic heterocycles. The number of benzene rings is 2. The summed E-state index contributed by atoms with van der Waals surface area (Å²) in [5.41, 5.74) is 1.12. The van der Waals surface area contributed by atoms with Crippen molar-refractivity contribution in [2.75, 3.05) is 5.32 Å². The number of amides is 1. The summed E-state index contributed by atoms with van der Waals surface area (Å²) in [4.78, 5) is 12.3. The van der Waals surface area contributed by atoms with Crippen LogP contribution >= 0.6 is 11.6 Å². The summed E-state index contributed by atoms with van der Waals surface area (Å²) in [6.07, 6.45) is 1.55. The third-order valence-electron chi connectivity index (χ3n) is 3.16. The summed E-state index contributed by atoms with van der Waals surface area (Å²) in [6.45, 7) is 0.0915. The molecule has 0 saturated heterocycles. The van der Waals surface area contributed by atoms with Crippen LogP contribution in [0, 0.1) is 0 Å². The number of hydrogen-bond donors (Lipinski definition) is 1. The summed E-state index contributed by atoms with van der Waals surface area (Å²) < 4.78 is 7.08. The highest BCUT2D eigenvalue weighted by molar-refractivity contribution is 6.32. The molecule has 5 nitrogen and oxygen atoms in total. The van der Waals surface area contributed by atoms with Crippen molar-refractivity contribution < 1.29 is 9.53 Å². The van der Waals surface area contributed by atoms with E-state index in [0.717, 1.165) is 5.69 Å². The first kappa shape index (κ1) is 15.1. The quantitative estimate of drug-likeness (QED) is 0.775. The number of ether oxygens (including phenoxy) is 1. The van der Waals surface area contributed by atoms with Crippen LogP contribution in [0.4, 0.5) is 5.69 Å². The molecule has 0 radical (unpaired) electrons. The summed E-state index contributed by atoms with van der Waals surface area (Å²) in [5.74, 6) is 0.288. The van der Waals surface area contributed by atoms with Gasteiger partial charge in [0.2, 0.25) is 0 Å². The number of rotatable bonds is 5. The molecular formula is C17H14ClN3O2. The van der Waals surface area contributed by atoms with Crippen LogP contribution < -0.4 is 10.1 Å². The number of para-hydroxylation sites is 2. The second kappa shape index (κ2) is 6.98. The SMILES string of the molecule is O=C(Nc1ccccc1)c1ccnn1COc1ccccc1Cl. The molecule has 116 valence electrons. The summed E-state index contributed by atoms with van der Waals surface area (Å²) in [6, 6.07) is 18.0. The van der Waals surface area contributed by atoms with Crippen LogP contribution in [0.1, 0.15) is 10.5 Å². The lowest BCUT2D eigenvalue weighted by atomic mass is 10.3. The maximum atomic E-state index is 12.3. The van der Waals surface area contributed by atoms with E-state index in [4.69, 9.17) is 16.3 Å². The van der Waals surface area contributed by atoms with Gasteiger partial charge in [0.25, 0.3) is 5.91 Å². The lowest BCUT2D eigenvalue weighted by Crippen LogP contribution is -2.19. The molecule has 3 rings (SSSR count). The highest BCUT2D eigenvalue weighted by Crippen LogP contribution is 2.23. The molecular weight excluding hydrogens is 314 g/mol. The first-order valence-corrected chi connectivity index (χ1v) is 7.37. The van der Waals surface area contributed by atoms with Gasteiger partial charge in [0.05, 0.1) is 5.02 Å². The summed E-state index contributed by atoms with van der Waals surface area (Å²) in [7, 11) is 0. The lowest BCUT2D eigenvalue weighted by molar-refractivity contribution is 0.100. The van der Waals surface area contributed by atoms with Gasteiger partial charge < -0.3 is 10.1 Å². The molecule has 0 aliphatic rings. The van der Waals surface area contributed by atoms with Gasteiger partial charge >= 0.3 is 0 Å². The van der Waals surface area contributed by atoms with Gasteiger partial charge in [0, 0.05) is 11.9 Å². The average Bonchev–Trinajstić information content (AvgIpc) is 3.04. The molecule has 1 N–H and O–H groups in total. The number of aromatic nitrogens is 2. The Hall–Kier alpha value is -2.79. The molecule has 0 atom stereocenters. The van der Waals surface area contributed by atoms with Crippen molar-refractivity contribution >= 4 is 23.2 Å². The van der Waals surface area contributed by atoms with Crippen LogP contribution in [0.5, 0.6) is 5.75 Å². The van der Waals surface area contributed by atoms with Crippen molar-refractivity contribution in [2.24, 2.45) is 0 Å². The van der Waals surface area contributed by atoms with Gasteiger partial charge in [-0.1, -0.05) is 41.9 Å². The summed E-state index contributed by atoms with van der Waals surface area (Å²) >= 11 is 6.04. The van der Waals surface area contributed by atoms with Gasteiger partial charge in [-0.05, 0) is 30.3 Å². The Bertz CT molecular complexity index is 802. The lowest BCUT2D eigenvalue weighted by Gasteiger charge is -2.11. The zero-order valence-electron chi connectivity index (χ0n) is 12.1. The first-order valence-electron chi connectivity index (χ1n) is 6.99. The molecule has 0 aliphatic carbocycles. The normalized spacial score (nSPS) is 10.3. The minimum absolute atomic E-state index is 0.0915. The monoisotopic (exact) mass is 327 g/mol. The van der Waals surface area contributed by atoms with Crippen molar-refractivity contribution in [1.29, 1.82) is 0 Å². The van der Waals surface area contributed by atoms with E-state index in [9.17, 15) is 4.79 Å². The van der Waals surface area contributed by atoms with E-state index in [0.29, 0.717) is 16.5 Å². The number of hydrogen-bond acceptors (Lipinski definition) is 3. The Morgan fingerprint density at radius 2 is 1.83 bits per heavy atom. The number of carbonyl (C=O) groups excluding carboxylic acids is 1. The Kier molecular flexibility index (Phi) is 4.59.